The van der Waals surface area contributed by atoms with Gasteiger partial charge in [0, 0.05) is 35.3 Å². The molecule has 262 valence electrons. The van der Waals surface area contributed by atoms with Gasteiger partial charge in [-0.2, -0.15) is 0 Å². The molecule has 5 unspecified atom stereocenters. The van der Waals surface area contributed by atoms with Crippen molar-refractivity contribution in [2.75, 3.05) is 0 Å². The van der Waals surface area contributed by atoms with E-state index in [-0.39, 0.29) is 5.54 Å². The maximum absolute atomic E-state index is 5.00. The lowest BCUT2D eigenvalue weighted by Crippen LogP contribution is -2.65. The quantitative estimate of drug-likeness (QED) is 0.226. The molecule has 1 aromatic carbocycles. The molecule has 0 saturated heterocycles. The summed E-state index contributed by atoms with van der Waals surface area (Å²) in [4.78, 5) is 0. The van der Waals surface area contributed by atoms with Crippen LogP contribution in [0.5, 0.6) is 0 Å². The molecule has 0 radical (unpaired) electrons. The number of terminal acetylenes is 1. The monoisotopic (exact) mass is 711 g/mol. The molecule has 54 heavy (non-hydrogen) atoms. The van der Waals surface area contributed by atoms with Crippen LogP contribution in [0.25, 0.3) is 5.57 Å². The van der Waals surface area contributed by atoms with Gasteiger partial charge in [0.05, 0.1) is 5.41 Å². The van der Waals surface area contributed by atoms with E-state index in [9.17, 15) is 0 Å². The smallest absolute Gasteiger partial charge is 0.127 e. The molecule has 2 saturated carbocycles. The lowest BCUT2D eigenvalue weighted by atomic mass is 9.75. The lowest BCUT2D eigenvalue weighted by molar-refractivity contribution is 0.139. The van der Waals surface area contributed by atoms with Crippen LogP contribution >= 0.6 is 0 Å². The van der Waals surface area contributed by atoms with E-state index in [2.05, 4.69) is 213 Å². The molecule has 0 bridgehead atoms. The van der Waals surface area contributed by atoms with Gasteiger partial charge in [0.25, 0.3) is 0 Å². The fourth-order valence-corrected chi connectivity index (χ4v) is 15.8. The van der Waals surface area contributed by atoms with Gasteiger partial charge in [0.1, 0.15) is 8.24 Å². The van der Waals surface area contributed by atoms with E-state index in [0.29, 0.717) is 29.3 Å². The largest absolute Gasteiger partial charge is 0.316 e. The highest BCUT2D eigenvalue weighted by molar-refractivity contribution is 6.76. The molecular weight excluding hydrogens is 667 g/mol. The van der Waals surface area contributed by atoms with Crippen LogP contribution in [-0.2, 0) is 5.41 Å². The van der Waals surface area contributed by atoms with Crippen molar-refractivity contribution in [1.29, 1.82) is 0 Å². The summed E-state index contributed by atoms with van der Waals surface area (Å²) in [6, 6.07) is 9.54. The summed E-state index contributed by atoms with van der Waals surface area (Å²) < 4.78 is 3.07. The van der Waals surface area contributed by atoms with Crippen LogP contribution in [0.15, 0.2) is 42.0 Å². The Morgan fingerprint density at radius 1 is 0.704 bits per heavy atom. The van der Waals surface area contributed by atoms with Crippen LogP contribution < -0.4 is 0 Å². The first-order valence-electron chi connectivity index (χ1n) is 18.8. The predicted molar refractivity (Wildman–Crippen MR) is 227 cm³/mol. The summed E-state index contributed by atoms with van der Waals surface area (Å²) in [5.74, 6) is 57.6. The van der Waals surface area contributed by atoms with Gasteiger partial charge in [-0.3, -0.25) is 0 Å². The first-order valence-corrected chi connectivity index (χ1v) is 21.8. The lowest BCUT2D eigenvalue weighted by Gasteiger charge is -2.55. The second-order valence-corrected chi connectivity index (χ2v) is 20.4. The zero-order valence-electron chi connectivity index (χ0n) is 32.6. The first kappa shape index (κ1) is 39.2. The Kier molecular flexibility index (Phi) is 12.9. The SMILES string of the molecule is C#CC#CC#CC#CC#CC#CC#CC#CC#CC#CC#CC1(C)C2=CC3CC(C)C([Si](C)(C)N(C4CCCCC4)C(C)(C)C)C3C=C2c2ccccc21. The Hall–Kier alpha value is -5.96. The third-order valence-electron chi connectivity index (χ3n) is 11.1. The van der Waals surface area contributed by atoms with E-state index in [1.165, 1.54) is 60.8 Å². The molecule has 5 rings (SSSR count). The Labute approximate surface area is 327 Å². The van der Waals surface area contributed by atoms with E-state index in [1.54, 1.807) is 0 Å². The topological polar surface area (TPSA) is 3.24 Å². The highest BCUT2D eigenvalue weighted by atomic mass is 28.3. The third-order valence-corrected chi connectivity index (χ3v) is 16.0. The van der Waals surface area contributed by atoms with Crippen LogP contribution in [0.3, 0.4) is 0 Å². The molecule has 0 N–H and O–H groups in total. The first-order chi connectivity index (χ1) is 26.0. The van der Waals surface area contributed by atoms with E-state index in [4.69, 9.17) is 6.42 Å². The van der Waals surface area contributed by atoms with Crippen molar-refractivity contribution >= 4 is 13.8 Å². The molecule has 0 amide bonds. The summed E-state index contributed by atoms with van der Waals surface area (Å²) in [5.41, 5.74) is 5.75. The van der Waals surface area contributed by atoms with Gasteiger partial charge in [0.2, 0.25) is 0 Å². The van der Waals surface area contributed by atoms with Crippen molar-refractivity contribution in [1.82, 2.24) is 4.57 Å². The van der Waals surface area contributed by atoms with E-state index < -0.39 is 13.7 Å². The standard InChI is InChI=1S/C52H45NSi/c1-9-10-11-12-13-14-15-16-17-18-19-20-21-22-23-24-25-26-27-33-38-52(6)48-37-32-31-36-45(48)47-41-46-43(40-49(47)52)39-42(2)50(46)54(7,8)53(51(3,4)5)44-34-29-28-30-35-44/h1,31-32,36-37,40-44,46,50H,28-30,34-35,39H2,2-8H3. The second-order valence-electron chi connectivity index (χ2n) is 15.9. The van der Waals surface area contributed by atoms with Crippen molar-refractivity contribution in [3.8, 4) is 131 Å². The van der Waals surface area contributed by atoms with Gasteiger partial charge in [-0.15, -0.1) is 6.42 Å². The highest BCUT2D eigenvalue weighted by Gasteiger charge is 2.56. The third kappa shape index (κ3) is 8.97. The van der Waals surface area contributed by atoms with Crippen molar-refractivity contribution in [3.63, 3.8) is 0 Å². The van der Waals surface area contributed by atoms with Gasteiger partial charge in [-0.05, 0) is 187 Å². The molecule has 4 aliphatic carbocycles. The van der Waals surface area contributed by atoms with Crippen LogP contribution in [0.2, 0.25) is 18.6 Å². The van der Waals surface area contributed by atoms with E-state index in [0.717, 1.165) is 0 Å². The van der Waals surface area contributed by atoms with Gasteiger partial charge in [-0.25, -0.2) is 0 Å². The molecule has 1 nitrogen and oxygen atoms in total. The van der Waals surface area contributed by atoms with Gasteiger partial charge >= 0.3 is 0 Å². The van der Waals surface area contributed by atoms with Crippen LogP contribution in [0.4, 0.5) is 0 Å². The molecule has 5 atom stereocenters. The van der Waals surface area contributed by atoms with Crippen LogP contribution in [0, 0.1) is 149 Å². The van der Waals surface area contributed by atoms with Crippen molar-refractivity contribution < 1.29 is 0 Å². The summed E-state index contributed by atoms with van der Waals surface area (Å²) in [6.07, 6.45) is 18.4. The van der Waals surface area contributed by atoms with Gasteiger partial charge in [0.15, 0.2) is 0 Å². The maximum Gasteiger partial charge on any atom is 0.127 e. The number of hydrogen-bond acceptors (Lipinski definition) is 1. The predicted octanol–water partition coefficient (Wildman–Crippen LogP) is 8.23. The van der Waals surface area contributed by atoms with E-state index in [1.807, 2.05) is 0 Å². The summed E-state index contributed by atoms with van der Waals surface area (Å²) in [7, 11) is -1.87. The second kappa shape index (κ2) is 17.7. The Bertz CT molecular complexity index is 2440. The number of nitrogens with zero attached hydrogens (tertiary/aromatic N) is 1. The minimum Gasteiger partial charge on any atom is -0.316 e. The molecular formula is C52H45NSi. The van der Waals surface area contributed by atoms with E-state index >= 15 is 0 Å². The fraction of sp³-hybridized carbons (Fsp3) is 0.385. The Morgan fingerprint density at radius 2 is 1.20 bits per heavy atom. The normalized spacial score (nSPS) is 22.6. The molecule has 0 heterocycles. The number of fused-ring (bicyclic) bond motifs is 4. The van der Waals surface area contributed by atoms with Crippen molar-refractivity contribution in [2.24, 2.45) is 17.8 Å². The molecule has 2 heteroatoms. The summed E-state index contributed by atoms with van der Waals surface area (Å²) in [6.45, 7) is 17.6. The molecule has 2 fully saturated rings. The number of rotatable bonds is 3. The summed E-state index contributed by atoms with van der Waals surface area (Å²) in [5, 5.41) is 0. The van der Waals surface area contributed by atoms with Crippen LogP contribution in [0.1, 0.15) is 84.3 Å². The number of allylic oxidation sites excluding steroid dienone is 4. The highest BCUT2D eigenvalue weighted by Crippen LogP contribution is 2.61. The zero-order valence-corrected chi connectivity index (χ0v) is 33.6. The summed E-state index contributed by atoms with van der Waals surface area (Å²) >= 11 is 0. The average molecular weight is 712 g/mol. The van der Waals surface area contributed by atoms with Gasteiger partial charge < -0.3 is 4.57 Å². The molecule has 0 aliphatic heterocycles. The Balaban J connectivity index is 1.31. The minimum absolute atomic E-state index is 0.164. The Morgan fingerprint density at radius 3 is 1.72 bits per heavy atom. The fourth-order valence-electron chi connectivity index (χ4n) is 9.75. The van der Waals surface area contributed by atoms with Crippen molar-refractivity contribution in [3.05, 3.63) is 53.1 Å². The van der Waals surface area contributed by atoms with Crippen LogP contribution in [-0.4, -0.2) is 24.4 Å². The number of benzene rings is 1. The zero-order chi connectivity index (χ0) is 38.6. The average Bonchev–Trinajstić information content (AvgIpc) is 3.60. The number of hydrogen-bond donors (Lipinski definition) is 0. The molecule has 4 aliphatic rings. The maximum atomic E-state index is 5.00. The van der Waals surface area contributed by atoms with Crippen molar-refractivity contribution in [2.45, 2.75) is 109 Å². The molecule has 0 aromatic heterocycles. The molecule has 1 aromatic rings. The molecule has 0 spiro atoms. The minimum atomic E-state index is -1.87. The van der Waals surface area contributed by atoms with Gasteiger partial charge in [-0.1, -0.05) is 81.6 Å².